The zero-order chi connectivity index (χ0) is 17.5. The Balaban J connectivity index is 1.77. The van der Waals surface area contributed by atoms with Crippen LogP contribution in [-0.2, 0) is 29.1 Å². The van der Waals surface area contributed by atoms with E-state index in [2.05, 4.69) is 0 Å². The summed E-state index contributed by atoms with van der Waals surface area (Å²) in [6.45, 7) is 3.21. The topological polar surface area (TPSA) is 90.0 Å². The quantitative estimate of drug-likeness (QED) is 0.597. The standard InChI is InChI=1S/C16H19NO6S/c1-10-3-6-13(7-4-10)24(20,21)17-15(19)14-8-5-12(23-16(14)17)9-22-11(2)18/h3-4,6-7,12,14,16H,5,8-9H2,1-2H3/t12-,14+,16+/m0/s1. The molecule has 0 N–H and O–H groups in total. The van der Waals surface area contributed by atoms with Crippen molar-refractivity contribution >= 4 is 21.9 Å². The van der Waals surface area contributed by atoms with E-state index in [1.54, 1.807) is 12.1 Å². The van der Waals surface area contributed by atoms with Crippen LogP contribution in [0.3, 0.4) is 0 Å². The van der Waals surface area contributed by atoms with Crippen LogP contribution in [0.1, 0.15) is 25.3 Å². The molecule has 0 spiro atoms. The summed E-state index contributed by atoms with van der Waals surface area (Å²) >= 11 is 0. The number of amides is 1. The number of benzene rings is 1. The fourth-order valence-electron chi connectivity index (χ4n) is 2.95. The van der Waals surface area contributed by atoms with Gasteiger partial charge in [-0.15, -0.1) is 0 Å². The predicted molar refractivity (Wildman–Crippen MR) is 83.2 cm³/mol. The minimum Gasteiger partial charge on any atom is -0.463 e. The summed E-state index contributed by atoms with van der Waals surface area (Å²) in [5.41, 5.74) is 0.928. The highest BCUT2D eigenvalue weighted by atomic mass is 32.2. The van der Waals surface area contributed by atoms with Crippen molar-refractivity contribution in [1.29, 1.82) is 0 Å². The fourth-order valence-corrected chi connectivity index (χ4v) is 4.50. The van der Waals surface area contributed by atoms with Crippen LogP contribution >= 0.6 is 0 Å². The third-order valence-corrected chi connectivity index (χ3v) is 6.07. The zero-order valence-corrected chi connectivity index (χ0v) is 14.3. The van der Waals surface area contributed by atoms with Crippen LogP contribution in [0, 0.1) is 12.8 Å². The number of hydrogen-bond donors (Lipinski definition) is 0. The van der Waals surface area contributed by atoms with Crippen LogP contribution in [0.15, 0.2) is 29.2 Å². The van der Waals surface area contributed by atoms with Crippen molar-refractivity contribution in [3.05, 3.63) is 29.8 Å². The molecule has 24 heavy (non-hydrogen) atoms. The number of fused-ring (bicyclic) bond motifs is 1. The number of hydrogen-bond acceptors (Lipinski definition) is 6. The maximum atomic E-state index is 12.7. The molecular formula is C16H19NO6S. The molecule has 1 aromatic carbocycles. The van der Waals surface area contributed by atoms with Gasteiger partial charge in [-0.3, -0.25) is 9.59 Å². The van der Waals surface area contributed by atoms with Gasteiger partial charge < -0.3 is 9.47 Å². The van der Waals surface area contributed by atoms with Crippen LogP contribution in [0.2, 0.25) is 0 Å². The van der Waals surface area contributed by atoms with Gasteiger partial charge in [0.15, 0.2) is 6.23 Å². The van der Waals surface area contributed by atoms with Crippen molar-refractivity contribution in [1.82, 2.24) is 4.31 Å². The first-order valence-corrected chi connectivity index (χ1v) is 9.18. The molecule has 0 aliphatic carbocycles. The van der Waals surface area contributed by atoms with Crippen molar-refractivity contribution in [2.75, 3.05) is 6.61 Å². The van der Waals surface area contributed by atoms with Crippen LogP contribution in [0.4, 0.5) is 0 Å². The van der Waals surface area contributed by atoms with Gasteiger partial charge in [0.2, 0.25) is 5.91 Å². The van der Waals surface area contributed by atoms with Gasteiger partial charge in [0, 0.05) is 6.92 Å². The fraction of sp³-hybridized carbons (Fsp3) is 0.500. The Bertz CT molecular complexity index is 757. The number of aryl methyl sites for hydroxylation is 1. The van der Waals surface area contributed by atoms with Gasteiger partial charge in [0.1, 0.15) is 6.61 Å². The molecule has 2 aliphatic heterocycles. The summed E-state index contributed by atoms with van der Waals surface area (Å²) < 4.78 is 36.8. The van der Waals surface area contributed by atoms with Crippen molar-refractivity contribution in [2.45, 2.75) is 43.9 Å². The van der Waals surface area contributed by atoms with Crippen molar-refractivity contribution in [3.8, 4) is 0 Å². The Kier molecular flexibility index (Phi) is 4.35. The van der Waals surface area contributed by atoms with Gasteiger partial charge in [-0.05, 0) is 31.9 Å². The third-order valence-electron chi connectivity index (χ3n) is 4.29. The maximum Gasteiger partial charge on any atom is 0.302 e. The van der Waals surface area contributed by atoms with Gasteiger partial charge in [0.25, 0.3) is 10.0 Å². The van der Waals surface area contributed by atoms with Gasteiger partial charge in [0.05, 0.1) is 16.9 Å². The van der Waals surface area contributed by atoms with Gasteiger partial charge in [-0.2, -0.15) is 0 Å². The van der Waals surface area contributed by atoms with E-state index in [0.29, 0.717) is 12.8 Å². The van der Waals surface area contributed by atoms with Crippen molar-refractivity contribution in [3.63, 3.8) is 0 Å². The smallest absolute Gasteiger partial charge is 0.302 e. The Hall–Kier alpha value is -1.93. The van der Waals surface area contributed by atoms with E-state index in [9.17, 15) is 18.0 Å². The molecule has 7 nitrogen and oxygen atoms in total. The Morgan fingerprint density at radius 3 is 2.58 bits per heavy atom. The molecule has 1 amide bonds. The minimum absolute atomic E-state index is 0.0607. The number of ether oxygens (including phenoxy) is 2. The first-order chi connectivity index (χ1) is 11.3. The molecule has 8 heteroatoms. The molecule has 3 atom stereocenters. The SMILES string of the molecule is CC(=O)OC[C@@H]1CC[C@@H]2C(=O)N(S(=O)(=O)c3ccc(C)cc3)[C@@H]2O1. The summed E-state index contributed by atoms with van der Waals surface area (Å²) in [5, 5.41) is 0. The summed E-state index contributed by atoms with van der Waals surface area (Å²) in [6, 6.07) is 6.31. The highest BCUT2D eigenvalue weighted by molar-refractivity contribution is 7.89. The largest absolute Gasteiger partial charge is 0.463 e. The molecule has 0 bridgehead atoms. The molecule has 1 aromatic rings. The first kappa shape index (κ1) is 16.9. The molecule has 2 aliphatic rings. The average Bonchev–Trinajstić information content (AvgIpc) is 2.52. The summed E-state index contributed by atoms with van der Waals surface area (Å²) in [4.78, 5) is 23.2. The van der Waals surface area contributed by atoms with E-state index < -0.39 is 40.1 Å². The van der Waals surface area contributed by atoms with E-state index in [-0.39, 0.29) is 11.5 Å². The predicted octanol–water partition coefficient (Wildman–Crippen LogP) is 1.21. The molecule has 0 radical (unpaired) electrons. The Morgan fingerprint density at radius 1 is 1.29 bits per heavy atom. The van der Waals surface area contributed by atoms with E-state index in [4.69, 9.17) is 9.47 Å². The number of β-lactam (4-membered cyclic amide) rings is 1. The summed E-state index contributed by atoms with van der Waals surface area (Å²) in [5.74, 6) is -1.31. The van der Waals surface area contributed by atoms with Crippen molar-refractivity contribution in [2.24, 2.45) is 5.92 Å². The lowest BCUT2D eigenvalue weighted by molar-refractivity contribution is -0.208. The van der Waals surface area contributed by atoms with E-state index in [1.165, 1.54) is 19.1 Å². The van der Waals surface area contributed by atoms with Gasteiger partial charge in [-0.1, -0.05) is 17.7 Å². The molecule has 2 saturated heterocycles. The Labute approximate surface area is 140 Å². The second kappa shape index (κ2) is 6.18. The Morgan fingerprint density at radius 2 is 1.96 bits per heavy atom. The van der Waals surface area contributed by atoms with Crippen LogP contribution in [0.5, 0.6) is 0 Å². The molecule has 2 fully saturated rings. The van der Waals surface area contributed by atoms with E-state index in [1.807, 2.05) is 6.92 Å². The average molecular weight is 353 g/mol. The molecule has 0 aromatic heterocycles. The summed E-state index contributed by atoms with van der Waals surface area (Å²) in [6.07, 6.45) is -0.148. The number of carbonyl (C=O) groups excluding carboxylic acids is 2. The number of sulfonamides is 1. The van der Waals surface area contributed by atoms with Gasteiger partial charge in [-0.25, -0.2) is 12.7 Å². The molecule has 0 unspecified atom stereocenters. The summed E-state index contributed by atoms with van der Waals surface area (Å²) in [7, 11) is -3.94. The molecule has 3 rings (SSSR count). The molecule has 130 valence electrons. The number of nitrogens with zero attached hydrogens (tertiary/aromatic N) is 1. The first-order valence-electron chi connectivity index (χ1n) is 7.74. The lowest BCUT2D eigenvalue weighted by Crippen LogP contribution is -2.66. The minimum atomic E-state index is -3.94. The number of rotatable bonds is 4. The lowest BCUT2D eigenvalue weighted by atomic mass is 9.89. The van der Waals surface area contributed by atoms with E-state index in [0.717, 1.165) is 9.87 Å². The zero-order valence-electron chi connectivity index (χ0n) is 13.5. The third kappa shape index (κ3) is 2.91. The molecule has 2 heterocycles. The maximum absolute atomic E-state index is 12.7. The van der Waals surface area contributed by atoms with Crippen molar-refractivity contribution < 1.29 is 27.5 Å². The number of carbonyl (C=O) groups is 2. The normalized spacial score (nSPS) is 26.5. The van der Waals surface area contributed by atoms with Crippen LogP contribution in [0.25, 0.3) is 0 Å². The second-order valence-electron chi connectivity index (χ2n) is 6.09. The van der Waals surface area contributed by atoms with Crippen LogP contribution in [-0.4, -0.2) is 43.5 Å². The monoisotopic (exact) mass is 353 g/mol. The highest BCUT2D eigenvalue weighted by Crippen LogP contribution is 2.40. The molecular weight excluding hydrogens is 334 g/mol. The highest BCUT2D eigenvalue weighted by Gasteiger charge is 2.57. The second-order valence-corrected chi connectivity index (χ2v) is 7.90. The number of esters is 1. The molecule has 0 saturated carbocycles. The van der Waals surface area contributed by atoms with E-state index >= 15 is 0 Å². The van der Waals surface area contributed by atoms with Crippen LogP contribution < -0.4 is 0 Å². The van der Waals surface area contributed by atoms with Gasteiger partial charge >= 0.3 is 5.97 Å². The lowest BCUT2D eigenvalue weighted by Gasteiger charge is -2.49.